The predicted octanol–water partition coefficient (Wildman–Crippen LogP) is 1.89. The number of hydrogen-bond donors (Lipinski definition) is 2. The van der Waals surface area contributed by atoms with Crippen molar-refractivity contribution < 1.29 is 14.3 Å². The second-order valence-corrected chi connectivity index (χ2v) is 6.50. The van der Waals surface area contributed by atoms with Crippen molar-refractivity contribution in [1.29, 1.82) is 0 Å². The zero-order valence-corrected chi connectivity index (χ0v) is 15.4. The smallest absolute Gasteiger partial charge is 0.317 e. The lowest BCUT2D eigenvalue weighted by molar-refractivity contribution is -0.124. The van der Waals surface area contributed by atoms with Gasteiger partial charge in [-0.05, 0) is 25.8 Å². The van der Waals surface area contributed by atoms with Crippen molar-refractivity contribution >= 4 is 11.9 Å². The lowest BCUT2D eigenvalue weighted by atomic mass is 9.88. The lowest BCUT2D eigenvalue weighted by Gasteiger charge is -2.18. The van der Waals surface area contributed by atoms with Gasteiger partial charge < -0.3 is 20.3 Å². The minimum Gasteiger partial charge on any atom is -0.385 e. The molecule has 0 aromatic heterocycles. The Labute approximate surface area is 149 Å². The Morgan fingerprint density at radius 1 is 1.20 bits per heavy atom. The van der Waals surface area contributed by atoms with E-state index in [1.807, 2.05) is 13.8 Å². The van der Waals surface area contributed by atoms with Gasteiger partial charge in [0.05, 0.1) is 5.92 Å². The molecule has 0 aliphatic carbocycles. The molecule has 1 aromatic rings. The summed E-state index contributed by atoms with van der Waals surface area (Å²) >= 11 is 0. The Balaban J connectivity index is 2.09. The van der Waals surface area contributed by atoms with Gasteiger partial charge in [0.15, 0.2) is 0 Å². The molecule has 6 nitrogen and oxygen atoms in total. The van der Waals surface area contributed by atoms with Gasteiger partial charge in [-0.15, -0.1) is 0 Å². The van der Waals surface area contributed by atoms with E-state index in [-0.39, 0.29) is 23.8 Å². The first-order valence-corrected chi connectivity index (χ1v) is 8.92. The number of urea groups is 1. The fourth-order valence-corrected chi connectivity index (χ4v) is 3.21. The lowest BCUT2D eigenvalue weighted by Crippen LogP contribution is -2.40. The summed E-state index contributed by atoms with van der Waals surface area (Å²) in [5.74, 6) is -0.202. The highest BCUT2D eigenvalue weighted by Gasteiger charge is 2.40. The highest BCUT2D eigenvalue weighted by Crippen LogP contribution is 2.33. The minimum atomic E-state index is -0.229. The van der Waals surface area contributed by atoms with Crippen LogP contribution in [0.25, 0.3) is 0 Å². The Morgan fingerprint density at radius 3 is 2.56 bits per heavy atom. The normalized spacial score (nSPS) is 19.7. The van der Waals surface area contributed by atoms with E-state index in [2.05, 4.69) is 34.9 Å². The first-order chi connectivity index (χ1) is 12.1. The third-order valence-electron chi connectivity index (χ3n) is 4.60. The van der Waals surface area contributed by atoms with Crippen LogP contribution < -0.4 is 10.6 Å². The SMILES string of the molecule is CCNC(=O)N1C[C@H](c2ccc(C)cc2)[C@H](C(=O)NCCCOC)C1. The first kappa shape index (κ1) is 19.2. The highest BCUT2D eigenvalue weighted by molar-refractivity contribution is 5.82. The second kappa shape index (κ2) is 9.42. The second-order valence-electron chi connectivity index (χ2n) is 6.50. The summed E-state index contributed by atoms with van der Waals surface area (Å²) in [6, 6.07) is 8.13. The molecule has 1 saturated heterocycles. The molecule has 0 radical (unpaired) electrons. The molecule has 1 aliphatic rings. The number of ether oxygens (including phenoxy) is 1. The van der Waals surface area contributed by atoms with E-state index >= 15 is 0 Å². The Hall–Kier alpha value is -2.08. The topological polar surface area (TPSA) is 70.7 Å². The number of nitrogens with zero attached hydrogens (tertiary/aromatic N) is 1. The van der Waals surface area contributed by atoms with Crippen LogP contribution in [-0.4, -0.2) is 56.7 Å². The van der Waals surface area contributed by atoms with Gasteiger partial charge >= 0.3 is 6.03 Å². The van der Waals surface area contributed by atoms with E-state index in [0.717, 1.165) is 12.0 Å². The first-order valence-electron chi connectivity index (χ1n) is 8.92. The maximum absolute atomic E-state index is 12.7. The van der Waals surface area contributed by atoms with Gasteiger partial charge in [0.25, 0.3) is 0 Å². The number of carbonyl (C=O) groups is 2. The van der Waals surface area contributed by atoms with Crippen LogP contribution in [0.5, 0.6) is 0 Å². The quantitative estimate of drug-likeness (QED) is 0.740. The van der Waals surface area contributed by atoms with Crippen LogP contribution >= 0.6 is 0 Å². The molecule has 0 saturated carbocycles. The van der Waals surface area contributed by atoms with Gasteiger partial charge in [0.2, 0.25) is 5.91 Å². The summed E-state index contributed by atoms with van der Waals surface area (Å²) in [7, 11) is 1.65. The molecule has 138 valence electrons. The highest BCUT2D eigenvalue weighted by atomic mass is 16.5. The third-order valence-corrected chi connectivity index (χ3v) is 4.60. The molecule has 6 heteroatoms. The van der Waals surface area contributed by atoms with Gasteiger partial charge in [-0.25, -0.2) is 4.79 Å². The predicted molar refractivity (Wildman–Crippen MR) is 97.6 cm³/mol. The third kappa shape index (κ3) is 5.19. The molecule has 25 heavy (non-hydrogen) atoms. The Bertz CT molecular complexity index is 574. The van der Waals surface area contributed by atoms with Crippen molar-refractivity contribution in [3.8, 4) is 0 Å². The number of aryl methyl sites for hydroxylation is 1. The molecule has 1 aromatic carbocycles. The average Bonchev–Trinajstić information content (AvgIpc) is 3.05. The summed E-state index contributed by atoms with van der Waals surface area (Å²) in [5, 5.41) is 5.81. The average molecular weight is 347 g/mol. The Morgan fingerprint density at radius 2 is 1.92 bits per heavy atom. The van der Waals surface area contributed by atoms with Crippen LogP contribution in [0.15, 0.2) is 24.3 Å². The van der Waals surface area contributed by atoms with Crippen molar-refractivity contribution in [3.63, 3.8) is 0 Å². The summed E-state index contributed by atoms with van der Waals surface area (Å²) in [6.45, 7) is 6.73. The number of carbonyl (C=O) groups excluding carboxylic acids is 2. The fourth-order valence-electron chi connectivity index (χ4n) is 3.21. The number of benzene rings is 1. The molecule has 1 fully saturated rings. The van der Waals surface area contributed by atoms with Crippen molar-refractivity contribution in [1.82, 2.24) is 15.5 Å². The van der Waals surface area contributed by atoms with Gasteiger partial charge in [0.1, 0.15) is 0 Å². The van der Waals surface area contributed by atoms with E-state index in [4.69, 9.17) is 4.74 Å². The van der Waals surface area contributed by atoms with Crippen molar-refractivity contribution in [2.24, 2.45) is 5.92 Å². The minimum absolute atomic E-state index is 0.00785. The summed E-state index contributed by atoms with van der Waals surface area (Å²) < 4.78 is 5.01. The van der Waals surface area contributed by atoms with Crippen molar-refractivity contribution in [2.75, 3.05) is 39.9 Å². The molecule has 0 bridgehead atoms. The number of methoxy groups -OCH3 is 1. The van der Waals surface area contributed by atoms with Gasteiger partial charge in [0, 0.05) is 45.8 Å². The fraction of sp³-hybridized carbons (Fsp3) is 0.579. The molecule has 0 spiro atoms. The van der Waals surface area contributed by atoms with Crippen LogP contribution in [-0.2, 0) is 9.53 Å². The van der Waals surface area contributed by atoms with E-state index in [1.165, 1.54) is 5.56 Å². The van der Waals surface area contributed by atoms with E-state index in [9.17, 15) is 9.59 Å². The Kier molecular flexibility index (Phi) is 7.25. The number of rotatable bonds is 7. The zero-order valence-electron chi connectivity index (χ0n) is 15.4. The maximum Gasteiger partial charge on any atom is 0.317 e. The monoisotopic (exact) mass is 347 g/mol. The van der Waals surface area contributed by atoms with Crippen molar-refractivity contribution in [3.05, 3.63) is 35.4 Å². The summed E-state index contributed by atoms with van der Waals surface area (Å²) in [5.41, 5.74) is 2.29. The van der Waals surface area contributed by atoms with E-state index < -0.39 is 0 Å². The zero-order chi connectivity index (χ0) is 18.2. The van der Waals surface area contributed by atoms with Crippen LogP contribution in [0.2, 0.25) is 0 Å². The molecule has 0 unspecified atom stereocenters. The van der Waals surface area contributed by atoms with Gasteiger partial charge in [-0.3, -0.25) is 4.79 Å². The standard InChI is InChI=1S/C19H29N3O3/c1-4-20-19(24)22-12-16(15-8-6-14(2)7-9-15)17(13-22)18(23)21-10-5-11-25-3/h6-9,16-17H,4-5,10-13H2,1-3H3,(H,20,24)(H,21,23)/t16-,17-/m1/s1. The van der Waals surface area contributed by atoms with Crippen LogP contribution in [0.3, 0.4) is 0 Å². The molecule has 2 rings (SSSR count). The number of hydrogen-bond acceptors (Lipinski definition) is 3. The molecule has 2 N–H and O–H groups in total. The van der Waals surface area contributed by atoms with Crippen LogP contribution in [0.1, 0.15) is 30.4 Å². The number of nitrogens with one attached hydrogen (secondary N) is 2. The van der Waals surface area contributed by atoms with Crippen molar-refractivity contribution in [2.45, 2.75) is 26.2 Å². The van der Waals surface area contributed by atoms with Gasteiger partial charge in [-0.2, -0.15) is 0 Å². The summed E-state index contributed by atoms with van der Waals surface area (Å²) in [4.78, 5) is 26.6. The molecular formula is C19H29N3O3. The van der Waals surface area contributed by atoms with Crippen LogP contribution in [0, 0.1) is 12.8 Å². The molecular weight excluding hydrogens is 318 g/mol. The number of likely N-dealkylation sites (tertiary alicyclic amines) is 1. The summed E-state index contributed by atoms with van der Waals surface area (Å²) in [6.07, 6.45) is 0.782. The maximum atomic E-state index is 12.7. The molecule has 1 aliphatic heterocycles. The van der Waals surface area contributed by atoms with Crippen LogP contribution in [0.4, 0.5) is 4.79 Å². The molecule has 3 amide bonds. The molecule has 2 atom stereocenters. The molecule has 1 heterocycles. The largest absolute Gasteiger partial charge is 0.385 e. The van der Waals surface area contributed by atoms with E-state index in [0.29, 0.717) is 32.8 Å². The van der Waals surface area contributed by atoms with E-state index in [1.54, 1.807) is 12.0 Å². The van der Waals surface area contributed by atoms with Gasteiger partial charge in [-0.1, -0.05) is 29.8 Å². The number of amides is 3.